The molecule has 2 atom stereocenters. The van der Waals surface area contributed by atoms with Crippen molar-refractivity contribution in [3.8, 4) is 0 Å². The summed E-state index contributed by atoms with van der Waals surface area (Å²) in [4.78, 5) is 64.0. The normalized spacial score (nSPS) is 17.5. The molecule has 1 fully saturated rings. The molecular weight excluding hydrogens is 889 g/mol. The van der Waals surface area contributed by atoms with Gasteiger partial charge in [0.05, 0.1) is 0 Å². The molecular formula is C52H112N4O6Si4. The molecule has 1 aliphatic heterocycles. The van der Waals surface area contributed by atoms with E-state index >= 15 is 0 Å². The zero-order chi connectivity index (χ0) is 50.7. The lowest BCUT2D eigenvalue weighted by Gasteiger charge is -2.36. The predicted octanol–water partition coefficient (Wildman–Crippen LogP) is 12.3. The third-order valence-electron chi connectivity index (χ3n) is 17.1. The molecule has 0 aromatic carbocycles. The Bertz CT molecular complexity index is 1200. The van der Waals surface area contributed by atoms with Gasteiger partial charge in [0, 0.05) is 6.61 Å². The second-order valence-electron chi connectivity index (χ2n) is 25.9. The monoisotopic (exact) mass is 1000 g/mol. The molecule has 0 radical (unpaired) electrons. The molecule has 0 aromatic rings. The second kappa shape index (κ2) is 28.6. The van der Waals surface area contributed by atoms with E-state index in [-0.39, 0.29) is 32.0 Å². The molecule has 10 nitrogen and oxygen atoms in total. The average molecular weight is 1000 g/mol. The number of hydrogen-bond donors (Lipinski definition) is 5. The van der Waals surface area contributed by atoms with E-state index in [2.05, 4.69) is 135 Å². The lowest BCUT2D eigenvalue weighted by Crippen LogP contribution is -2.61. The number of nitrogens with one attached hydrogen (secondary N) is 2. The van der Waals surface area contributed by atoms with Crippen LogP contribution < -0.4 is 10.6 Å². The summed E-state index contributed by atoms with van der Waals surface area (Å²) in [6.07, 6.45) is 20.9. The van der Waals surface area contributed by atoms with Crippen molar-refractivity contribution in [2.45, 2.75) is 275 Å². The van der Waals surface area contributed by atoms with Crippen LogP contribution in [0.3, 0.4) is 0 Å². The largest absolute Gasteiger partial charge is 0.432 e. The van der Waals surface area contributed by atoms with E-state index in [1.807, 2.05) is 0 Å². The van der Waals surface area contributed by atoms with E-state index in [1.54, 1.807) is 0 Å². The van der Waals surface area contributed by atoms with Gasteiger partial charge in [-0.1, -0.05) is 101 Å². The topological polar surface area (TPSA) is 135 Å². The van der Waals surface area contributed by atoms with Crippen molar-refractivity contribution in [2.75, 3.05) is 45.9 Å². The van der Waals surface area contributed by atoms with Gasteiger partial charge < -0.3 is 39.2 Å². The molecule has 1 rings (SSSR count). The maximum absolute atomic E-state index is 13.3. The number of carbonyl (C=O) groups is 2. The highest BCUT2D eigenvalue weighted by Gasteiger charge is 2.40. The van der Waals surface area contributed by atoms with Crippen molar-refractivity contribution in [1.82, 2.24) is 20.4 Å². The van der Waals surface area contributed by atoms with Crippen LogP contribution in [-0.4, -0.2) is 127 Å². The van der Waals surface area contributed by atoms with Crippen LogP contribution in [0.15, 0.2) is 0 Å². The summed E-state index contributed by atoms with van der Waals surface area (Å²) < 4.78 is 6.47. The number of unbranched alkanes of at least 4 members (excludes halogenated alkanes) is 9. The van der Waals surface area contributed by atoms with E-state index in [0.717, 1.165) is 142 Å². The molecule has 1 saturated heterocycles. The molecule has 5 N–H and O–H groups in total. The zero-order valence-electron chi connectivity index (χ0n) is 46.7. The van der Waals surface area contributed by atoms with Crippen molar-refractivity contribution in [3.05, 3.63) is 0 Å². The molecule has 0 aromatic heterocycles. The van der Waals surface area contributed by atoms with Gasteiger partial charge in [-0.15, -0.1) is 0 Å². The summed E-state index contributed by atoms with van der Waals surface area (Å²) >= 11 is 0. The smallest absolute Gasteiger partial charge is 0.243 e. The lowest BCUT2D eigenvalue weighted by molar-refractivity contribution is -0.137. The Hall–Kier alpha value is -0.432. The molecule has 2 unspecified atom stereocenters. The van der Waals surface area contributed by atoms with E-state index in [4.69, 9.17) is 4.43 Å². The highest BCUT2D eigenvalue weighted by Crippen LogP contribution is 2.42. The van der Waals surface area contributed by atoms with Gasteiger partial charge in [-0.05, 0) is 202 Å². The molecule has 0 spiro atoms. The van der Waals surface area contributed by atoms with Gasteiger partial charge in [0.15, 0.2) is 33.3 Å². The number of carbonyl (C=O) groups excluding carboxylic acids is 2. The molecule has 14 heteroatoms. The third-order valence-corrected chi connectivity index (χ3v) is 32.4. The Morgan fingerprint density at radius 1 is 0.439 bits per heavy atom. The SMILES string of the molecule is CC(C)(CCCCCN(CCCCCC(C)(C)[Si](C)(C)O)CCCCC1NC(=O)C(CCCCN(CCCCCC(C)(C)[Si](C)(C)O)CCCCO[Si](C)(C)C(C)(C)C)NC1=O)[Si](C)(C)O. The molecule has 2 amide bonds. The summed E-state index contributed by atoms with van der Waals surface area (Å²) in [5, 5.41) is 6.47. The van der Waals surface area contributed by atoms with Crippen LogP contribution in [0, 0.1) is 0 Å². The Morgan fingerprint density at radius 2 is 0.712 bits per heavy atom. The fourth-order valence-electron chi connectivity index (χ4n) is 8.26. The molecule has 0 saturated carbocycles. The first kappa shape index (κ1) is 63.6. The minimum atomic E-state index is -2.19. The minimum absolute atomic E-state index is 0.0231. The number of rotatable bonds is 37. The summed E-state index contributed by atoms with van der Waals surface area (Å²) in [6.45, 7) is 44.3. The number of hydrogen-bond acceptors (Lipinski definition) is 8. The lowest BCUT2D eigenvalue weighted by atomic mass is 10.0. The van der Waals surface area contributed by atoms with E-state index in [9.17, 15) is 24.0 Å². The molecule has 66 heavy (non-hydrogen) atoms. The molecule has 1 aliphatic rings. The van der Waals surface area contributed by atoms with Gasteiger partial charge in [-0.3, -0.25) is 9.59 Å². The van der Waals surface area contributed by atoms with E-state index in [1.165, 1.54) is 19.3 Å². The number of amides is 2. The van der Waals surface area contributed by atoms with Crippen LogP contribution in [0.1, 0.15) is 191 Å². The first-order valence-corrected chi connectivity index (χ1v) is 38.8. The maximum Gasteiger partial charge on any atom is 0.243 e. The average Bonchev–Trinajstić information content (AvgIpc) is 3.16. The van der Waals surface area contributed by atoms with Crippen LogP contribution in [0.2, 0.25) is 72.5 Å². The van der Waals surface area contributed by atoms with Crippen LogP contribution in [-0.2, 0) is 14.0 Å². The number of nitrogens with zero attached hydrogens (tertiary/aromatic N) is 2. The van der Waals surface area contributed by atoms with Crippen molar-refractivity contribution in [1.29, 1.82) is 0 Å². The van der Waals surface area contributed by atoms with Crippen LogP contribution in [0.4, 0.5) is 0 Å². The summed E-state index contributed by atoms with van der Waals surface area (Å²) in [5.74, 6) is -0.0785. The Morgan fingerprint density at radius 3 is 0.985 bits per heavy atom. The predicted molar refractivity (Wildman–Crippen MR) is 293 cm³/mol. The first-order chi connectivity index (χ1) is 30.1. The Kier molecular flexibility index (Phi) is 27.5. The van der Waals surface area contributed by atoms with Crippen LogP contribution in [0.5, 0.6) is 0 Å². The van der Waals surface area contributed by atoms with Gasteiger partial charge in [0.2, 0.25) is 11.8 Å². The van der Waals surface area contributed by atoms with Crippen LogP contribution in [0.25, 0.3) is 0 Å². The fourth-order valence-corrected chi connectivity index (χ4v) is 11.7. The Balaban J connectivity index is 2.64. The van der Waals surface area contributed by atoms with Crippen molar-refractivity contribution in [2.24, 2.45) is 0 Å². The first-order valence-electron chi connectivity index (χ1n) is 27.0. The second-order valence-corrected chi connectivity index (χ2v) is 44.1. The maximum atomic E-state index is 13.3. The minimum Gasteiger partial charge on any atom is -0.432 e. The van der Waals surface area contributed by atoms with Gasteiger partial charge >= 0.3 is 0 Å². The summed E-state index contributed by atoms with van der Waals surface area (Å²) in [7, 11) is -8.32. The molecule has 0 bridgehead atoms. The summed E-state index contributed by atoms with van der Waals surface area (Å²) in [6, 6.07) is -0.916. The van der Waals surface area contributed by atoms with Crippen molar-refractivity contribution >= 4 is 45.1 Å². The molecule has 0 aliphatic carbocycles. The third kappa shape index (κ3) is 24.1. The fraction of sp³-hybridized carbons (Fsp3) is 0.962. The highest BCUT2D eigenvalue weighted by molar-refractivity contribution is 6.74. The summed E-state index contributed by atoms with van der Waals surface area (Å²) in [5.41, 5.74) is 0. The van der Waals surface area contributed by atoms with Gasteiger partial charge in [0.25, 0.3) is 0 Å². The zero-order valence-corrected chi connectivity index (χ0v) is 50.7. The van der Waals surface area contributed by atoms with Gasteiger partial charge in [0.1, 0.15) is 12.1 Å². The van der Waals surface area contributed by atoms with E-state index in [0.29, 0.717) is 12.8 Å². The number of piperazine rings is 1. The molecule has 392 valence electrons. The van der Waals surface area contributed by atoms with Gasteiger partial charge in [-0.2, -0.15) is 0 Å². The van der Waals surface area contributed by atoms with Crippen molar-refractivity contribution in [3.63, 3.8) is 0 Å². The van der Waals surface area contributed by atoms with E-state index < -0.39 is 45.4 Å². The van der Waals surface area contributed by atoms with Gasteiger partial charge in [-0.25, -0.2) is 0 Å². The standard InChI is InChI=1S/C52H112N4O6Si4/c1-49(2,3)66(16,17)62-44-32-31-43-56(40-28-20-25-37-52(8,9)65(14,15)61)42-30-22-34-46-48(58)53-45(47(57)54-46)33-21-29-41-55(38-26-18-23-35-50(4,5)63(10,11)59)39-27-19-24-36-51(6,7)64(12,13)60/h45-46,59-61H,18-44H2,1-17H3,(H,53,58)(H,54,57). The molecule has 1 heterocycles. The van der Waals surface area contributed by atoms with Crippen molar-refractivity contribution < 1.29 is 28.4 Å². The Labute approximate surface area is 413 Å². The van der Waals surface area contributed by atoms with Crippen LogP contribution >= 0.6 is 0 Å². The highest BCUT2D eigenvalue weighted by atomic mass is 28.4. The quantitative estimate of drug-likeness (QED) is 0.0307.